The second kappa shape index (κ2) is 10.6. The molecule has 0 radical (unpaired) electrons. The Morgan fingerprint density at radius 3 is 2.42 bits per heavy atom. The number of carbonyl (C=O) groups is 2. The number of amides is 2. The van der Waals surface area contributed by atoms with Crippen LogP contribution in [-0.2, 0) is 22.4 Å². The van der Waals surface area contributed by atoms with Crippen LogP contribution in [0.25, 0.3) is 0 Å². The Labute approximate surface area is 192 Å². The Bertz CT molecular complexity index is 1170. The van der Waals surface area contributed by atoms with E-state index >= 15 is 0 Å². The molecule has 0 bridgehead atoms. The predicted octanol–water partition coefficient (Wildman–Crippen LogP) is 5.03. The van der Waals surface area contributed by atoms with Crippen LogP contribution in [0.2, 0.25) is 5.02 Å². The standard InChI is InChI=1S/C23H17ClF3N3O3/c24-18-9-7-15(8-10-18)14-33-20-6-1-3-16(11-20)13-28-30-22(32)21(31)29-19-5-2-4-17(12-19)23(25,26)27/h1-13H,14H2,(H,29,31)(H,30,32). The molecule has 0 saturated carbocycles. The number of anilines is 1. The van der Waals surface area contributed by atoms with Crippen molar-refractivity contribution >= 4 is 35.3 Å². The monoisotopic (exact) mass is 475 g/mol. The van der Waals surface area contributed by atoms with E-state index in [2.05, 4.69) is 10.4 Å². The topological polar surface area (TPSA) is 79.8 Å². The summed E-state index contributed by atoms with van der Waals surface area (Å²) in [5.41, 5.74) is 2.42. The summed E-state index contributed by atoms with van der Waals surface area (Å²) in [5, 5.41) is 6.42. The molecule has 0 aliphatic heterocycles. The van der Waals surface area contributed by atoms with E-state index in [1.54, 1.807) is 36.4 Å². The third-order valence-corrected chi connectivity index (χ3v) is 4.46. The molecule has 0 aromatic heterocycles. The van der Waals surface area contributed by atoms with Crippen LogP contribution in [0.3, 0.4) is 0 Å². The molecule has 0 heterocycles. The molecular formula is C23H17ClF3N3O3. The normalized spacial score (nSPS) is 11.3. The molecule has 33 heavy (non-hydrogen) atoms. The number of hydrazone groups is 1. The molecule has 170 valence electrons. The van der Waals surface area contributed by atoms with Crippen molar-refractivity contribution in [2.24, 2.45) is 5.10 Å². The van der Waals surface area contributed by atoms with E-state index in [9.17, 15) is 22.8 Å². The number of hydrogen-bond donors (Lipinski definition) is 2. The molecule has 0 aliphatic carbocycles. The van der Waals surface area contributed by atoms with E-state index in [4.69, 9.17) is 16.3 Å². The summed E-state index contributed by atoms with van der Waals surface area (Å²) in [6.45, 7) is 0.324. The van der Waals surface area contributed by atoms with Crippen molar-refractivity contribution in [1.29, 1.82) is 0 Å². The number of nitrogens with one attached hydrogen (secondary N) is 2. The Balaban J connectivity index is 1.53. The van der Waals surface area contributed by atoms with Crippen molar-refractivity contribution in [3.63, 3.8) is 0 Å². The quantitative estimate of drug-likeness (QED) is 0.298. The lowest BCUT2D eigenvalue weighted by Gasteiger charge is -2.09. The molecular weight excluding hydrogens is 459 g/mol. The fourth-order valence-electron chi connectivity index (χ4n) is 2.61. The molecule has 0 unspecified atom stereocenters. The van der Waals surface area contributed by atoms with E-state index < -0.39 is 23.6 Å². The average Bonchev–Trinajstić information content (AvgIpc) is 2.78. The zero-order valence-electron chi connectivity index (χ0n) is 16.9. The fourth-order valence-corrected chi connectivity index (χ4v) is 2.74. The summed E-state index contributed by atoms with van der Waals surface area (Å²) in [6, 6.07) is 18.0. The highest BCUT2D eigenvalue weighted by Gasteiger charge is 2.30. The van der Waals surface area contributed by atoms with Gasteiger partial charge in [0.25, 0.3) is 0 Å². The van der Waals surface area contributed by atoms with Crippen LogP contribution in [0.1, 0.15) is 16.7 Å². The minimum absolute atomic E-state index is 0.167. The van der Waals surface area contributed by atoms with Crippen LogP contribution in [0.5, 0.6) is 5.75 Å². The van der Waals surface area contributed by atoms with Gasteiger partial charge in [-0.3, -0.25) is 9.59 Å². The van der Waals surface area contributed by atoms with Crippen molar-refractivity contribution < 1.29 is 27.5 Å². The lowest BCUT2D eigenvalue weighted by Crippen LogP contribution is -2.32. The fraction of sp³-hybridized carbons (Fsp3) is 0.0870. The molecule has 2 N–H and O–H groups in total. The molecule has 2 amide bonds. The summed E-state index contributed by atoms with van der Waals surface area (Å²) >= 11 is 5.85. The number of halogens is 4. The largest absolute Gasteiger partial charge is 0.489 e. The second-order valence-electron chi connectivity index (χ2n) is 6.72. The molecule has 10 heteroatoms. The van der Waals surface area contributed by atoms with Gasteiger partial charge in [0.1, 0.15) is 12.4 Å². The van der Waals surface area contributed by atoms with Crippen LogP contribution in [-0.4, -0.2) is 18.0 Å². The first-order chi connectivity index (χ1) is 15.7. The number of rotatable bonds is 6. The third kappa shape index (κ3) is 7.36. The van der Waals surface area contributed by atoms with Crippen LogP contribution in [0, 0.1) is 0 Å². The predicted molar refractivity (Wildman–Crippen MR) is 118 cm³/mol. The van der Waals surface area contributed by atoms with Gasteiger partial charge in [0.15, 0.2) is 0 Å². The van der Waals surface area contributed by atoms with E-state index in [-0.39, 0.29) is 5.69 Å². The van der Waals surface area contributed by atoms with E-state index in [1.165, 1.54) is 12.3 Å². The van der Waals surface area contributed by atoms with Gasteiger partial charge in [-0.05, 0) is 53.6 Å². The highest BCUT2D eigenvalue weighted by atomic mass is 35.5. The van der Waals surface area contributed by atoms with Crippen molar-refractivity contribution in [3.8, 4) is 5.75 Å². The van der Waals surface area contributed by atoms with Crippen molar-refractivity contribution in [2.75, 3.05) is 5.32 Å². The van der Waals surface area contributed by atoms with Crippen LogP contribution in [0.4, 0.5) is 18.9 Å². The SMILES string of the molecule is O=C(NN=Cc1cccc(OCc2ccc(Cl)cc2)c1)C(=O)Nc1cccc(C(F)(F)F)c1. The first kappa shape index (κ1) is 23.8. The lowest BCUT2D eigenvalue weighted by molar-refractivity contribution is -0.137. The van der Waals surface area contributed by atoms with Gasteiger partial charge in [-0.15, -0.1) is 0 Å². The van der Waals surface area contributed by atoms with Gasteiger partial charge < -0.3 is 10.1 Å². The summed E-state index contributed by atoms with van der Waals surface area (Å²) in [7, 11) is 0. The summed E-state index contributed by atoms with van der Waals surface area (Å²) < 4.78 is 43.9. The summed E-state index contributed by atoms with van der Waals surface area (Å²) in [6.07, 6.45) is -3.27. The minimum atomic E-state index is -4.57. The lowest BCUT2D eigenvalue weighted by atomic mass is 10.2. The Hall–Kier alpha value is -3.85. The van der Waals surface area contributed by atoms with Gasteiger partial charge >= 0.3 is 18.0 Å². The molecule has 0 fully saturated rings. The number of ether oxygens (including phenoxy) is 1. The number of carbonyl (C=O) groups excluding carboxylic acids is 2. The van der Waals surface area contributed by atoms with E-state index in [1.807, 2.05) is 17.6 Å². The van der Waals surface area contributed by atoms with Crippen LogP contribution in [0.15, 0.2) is 77.9 Å². The Kier molecular flexibility index (Phi) is 7.68. The van der Waals surface area contributed by atoms with Gasteiger partial charge in [-0.2, -0.15) is 18.3 Å². The van der Waals surface area contributed by atoms with Gasteiger partial charge in [-0.25, -0.2) is 5.43 Å². The first-order valence-corrected chi connectivity index (χ1v) is 9.87. The summed E-state index contributed by atoms with van der Waals surface area (Å²) in [4.78, 5) is 23.8. The Morgan fingerprint density at radius 2 is 1.70 bits per heavy atom. The minimum Gasteiger partial charge on any atom is -0.489 e. The number of benzene rings is 3. The first-order valence-electron chi connectivity index (χ1n) is 9.50. The van der Waals surface area contributed by atoms with Crippen molar-refractivity contribution in [1.82, 2.24) is 5.43 Å². The molecule has 0 atom stereocenters. The maximum absolute atomic E-state index is 12.7. The van der Waals surface area contributed by atoms with E-state index in [0.29, 0.717) is 22.9 Å². The second-order valence-corrected chi connectivity index (χ2v) is 7.16. The van der Waals surface area contributed by atoms with Gasteiger partial charge in [0, 0.05) is 10.7 Å². The summed E-state index contributed by atoms with van der Waals surface area (Å²) in [5.74, 6) is -1.74. The average molecular weight is 476 g/mol. The van der Waals surface area contributed by atoms with Crippen LogP contribution < -0.4 is 15.5 Å². The van der Waals surface area contributed by atoms with Crippen molar-refractivity contribution in [3.05, 3.63) is 94.5 Å². The van der Waals surface area contributed by atoms with Gasteiger partial charge in [0.05, 0.1) is 11.8 Å². The zero-order valence-corrected chi connectivity index (χ0v) is 17.7. The highest BCUT2D eigenvalue weighted by molar-refractivity contribution is 6.39. The number of nitrogens with zero attached hydrogens (tertiary/aromatic N) is 1. The smallest absolute Gasteiger partial charge is 0.416 e. The Morgan fingerprint density at radius 1 is 0.970 bits per heavy atom. The molecule has 0 spiro atoms. The highest BCUT2D eigenvalue weighted by Crippen LogP contribution is 2.30. The molecule has 0 aliphatic rings. The van der Waals surface area contributed by atoms with Crippen LogP contribution >= 0.6 is 11.6 Å². The third-order valence-electron chi connectivity index (χ3n) is 4.21. The molecule has 3 aromatic rings. The molecule has 3 aromatic carbocycles. The van der Waals surface area contributed by atoms with Gasteiger partial charge in [0.2, 0.25) is 0 Å². The number of alkyl halides is 3. The van der Waals surface area contributed by atoms with Gasteiger partial charge in [-0.1, -0.05) is 41.9 Å². The van der Waals surface area contributed by atoms with E-state index in [0.717, 1.165) is 23.8 Å². The molecule has 0 saturated heterocycles. The maximum Gasteiger partial charge on any atom is 0.416 e. The zero-order chi connectivity index (χ0) is 23.8. The molecule has 3 rings (SSSR count). The molecule has 6 nitrogen and oxygen atoms in total. The maximum atomic E-state index is 12.7. The van der Waals surface area contributed by atoms with Crippen molar-refractivity contribution in [2.45, 2.75) is 12.8 Å². The number of hydrogen-bond acceptors (Lipinski definition) is 4.